The molecule has 1 atom stereocenters. The maximum atomic E-state index is 6.18. The Morgan fingerprint density at radius 2 is 1.93 bits per heavy atom. The molecule has 0 saturated carbocycles. The fraction of sp³-hybridized carbons (Fsp3) is 0.455. The van der Waals surface area contributed by atoms with Gasteiger partial charge in [0.1, 0.15) is 0 Å². The van der Waals surface area contributed by atoms with Crippen LogP contribution in [-0.4, -0.2) is 6.54 Å². The zero-order valence-electron chi connectivity index (χ0n) is 8.27. The summed E-state index contributed by atoms with van der Waals surface area (Å²) in [6, 6.07) is 3.73. The van der Waals surface area contributed by atoms with E-state index in [1.807, 2.05) is 12.1 Å². The lowest BCUT2D eigenvalue weighted by Gasteiger charge is -2.15. The highest BCUT2D eigenvalue weighted by Crippen LogP contribution is 2.44. The van der Waals surface area contributed by atoms with Crippen molar-refractivity contribution in [3.8, 4) is 0 Å². The number of benzene rings is 1. The SMILES string of the molecule is CC(C)C1CNc2c(Cl)ccc(Cl)c21. The molecule has 0 fully saturated rings. The lowest BCUT2D eigenvalue weighted by Crippen LogP contribution is -2.08. The fourth-order valence-electron chi connectivity index (χ4n) is 1.99. The van der Waals surface area contributed by atoms with Gasteiger partial charge in [-0.2, -0.15) is 0 Å². The largest absolute Gasteiger partial charge is 0.383 e. The van der Waals surface area contributed by atoms with Crippen molar-refractivity contribution in [1.29, 1.82) is 0 Å². The number of anilines is 1. The van der Waals surface area contributed by atoms with Crippen LogP contribution in [-0.2, 0) is 0 Å². The molecule has 2 rings (SSSR count). The van der Waals surface area contributed by atoms with Crippen LogP contribution in [0.1, 0.15) is 25.3 Å². The van der Waals surface area contributed by atoms with Gasteiger partial charge < -0.3 is 5.32 Å². The van der Waals surface area contributed by atoms with Gasteiger partial charge in [0.05, 0.1) is 10.7 Å². The van der Waals surface area contributed by atoms with Gasteiger partial charge in [-0.05, 0) is 18.1 Å². The van der Waals surface area contributed by atoms with Gasteiger partial charge >= 0.3 is 0 Å². The van der Waals surface area contributed by atoms with Gasteiger partial charge in [0.2, 0.25) is 0 Å². The van der Waals surface area contributed by atoms with Gasteiger partial charge in [-0.25, -0.2) is 0 Å². The minimum Gasteiger partial charge on any atom is -0.383 e. The number of nitrogens with one attached hydrogen (secondary N) is 1. The Morgan fingerprint density at radius 3 is 2.57 bits per heavy atom. The second-order valence-electron chi connectivity index (χ2n) is 4.05. The maximum Gasteiger partial charge on any atom is 0.0641 e. The van der Waals surface area contributed by atoms with Crippen molar-refractivity contribution >= 4 is 28.9 Å². The van der Waals surface area contributed by atoms with E-state index in [-0.39, 0.29) is 0 Å². The zero-order chi connectivity index (χ0) is 10.3. The van der Waals surface area contributed by atoms with Crippen LogP contribution >= 0.6 is 23.2 Å². The molecule has 1 aliphatic rings. The Bertz CT molecular complexity index is 361. The molecule has 76 valence electrons. The van der Waals surface area contributed by atoms with Crippen LogP contribution in [0.15, 0.2) is 12.1 Å². The molecule has 0 bridgehead atoms. The van der Waals surface area contributed by atoms with Gasteiger partial charge in [0.25, 0.3) is 0 Å². The van der Waals surface area contributed by atoms with Crippen LogP contribution in [0.3, 0.4) is 0 Å². The van der Waals surface area contributed by atoms with E-state index in [2.05, 4.69) is 19.2 Å². The Morgan fingerprint density at radius 1 is 1.29 bits per heavy atom. The minimum absolute atomic E-state index is 0.483. The Kier molecular flexibility index (Phi) is 2.63. The smallest absolute Gasteiger partial charge is 0.0641 e. The number of rotatable bonds is 1. The third kappa shape index (κ3) is 1.49. The monoisotopic (exact) mass is 229 g/mol. The van der Waals surface area contributed by atoms with E-state index in [9.17, 15) is 0 Å². The van der Waals surface area contributed by atoms with E-state index in [0.717, 1.165) is 22.3 Å². The molecule has 1 unspecified atom stereocenters. The molecule has 0 amide bonds. The summed E-state index contributed by atoms with van der Waals surface area (Å²) in [4.78, 5) is 0. The molecule has 0 aromatic heterocycles. The highest BCUT2D eigenvalue weighted by atomic mass is 35.5. The summed E-state index contributed by atoms with van der Waals surface area (Å²) >= 11 is 12.3. The van der Waals surface area contributed by atoms with E-state index in [4.69, 9.17) is 23.2 Å². The van der Waals surface area contributed by atoms with Crippen LogP contribution in [0.2, 0.25) is 10.0 Å². The molecule has 1 heterocycles. The number of halogens is 2. The van der Waals surface area contributed by atoms with Crippen LogP contribution in [0.25, 0.3) is 0 Å². The topological polar surface area (TPSA) is 12.0 Å². The van der Waals surface area contributed by atoms with Crippen LogP contribution in [0, 0.1) is 5.92 Å². The third-order valence-corrected chi connectivity index (χ3v) is 3.46. The highest BCUT2D eigenvalue weighted by Gasteiger charge is 2.28. The van der Waals surface area contributed by atoms with Gasteiger partial charge in [0.15, 0.2) is 0 Å². The second kappa shape index (κ2) is 3.63. The highest BCUT2D eigenvalue weighted by molar-refractivity contribution is 6.36. The first-order chi connectivity index (χ1) is 6.61. The summed E-state index contributed by atoms with van der Waals surface area (Å²) < 4.78 is 0. The van der Waals surface area contributed by atoms with Crippen LogP contribution < -0.4 is 5.32 Å². The van der Waals surface area contributed by atoms with Gasteiger partial charge in [-0.15, -0.1) is 0 Å². The lowest BCUT2D eigenvalue weighted by molar-refractivity contribution is 0.533. The Hall–Kier alpha value is -0.400. The normalized spacial score (nSPS) is 19.6. The molecule has 1 aromatic carbocycles. The second-order valence-corrected chi connectivity index (χ2v) is 4.86. The minimum atomic E-state index is 0.483. The molecule has 3 heteroatoms. The first-order valence-corrected chi connectivity index (χ1v) is 5.58. The average Bonchev–Trinajstić information content (AvgIpc) is 2.56. The number of fused-ring (bicyclic) bond motifs is 1. The molecule has 1 N–H and O–H groups in total. The molecule has 1 aliphatic heterocycles. The molecule has 0 aliphatic carbocycles. The molecule has 1 nitrogen and oxygen atoms in total. The maximum absolute atomic E-state index is 6.18. The van der Waals surface area contributed by atoms with Crippen molar-refractivity contribution in [2.75, 3.05) is 11.9 Å². The van der Waals surface area contributed by atoms with Crippen molar-refractivity contribution in [3.05, 3.63) is 27.7 Å². The van der Waals surface area contributed by atoms with Crippen molar-refractivity contribution < 1.29 is 0 Å². The van der Waals surface area contributed by atoms with E-state index < -0.39 is 0 Å². The zero-order valence-corrected chi connectivity index (χ0v) is 9.78. The standard InChI is InChI=1S/C11H13Cl2N/c1-6(2)7-5-14-11-9(13)4-3-8(12)10(7)11/h3-4,6-7,14H,5H2,1-2H3. The van der Waals surface area contributed by atoms with Crippen molar-refractivity contribution in [3.63, 3.8) is 0 Å². The summed E-state index contributed by atoms with van der Waals surface area (Å²) in [5.74, 6) is 1.07. The summed E-state index contributed by atoms with van der Waals surface area (Å²) in [5.41, 5.74) is 2.21. The van der Waals surface area contributed by atoms with Crippen molar-refractivity contribution in [1.82, 2.24) is 0 Å². The predicted molar refractivity (Wildman–Crippen MR) is 62.5 cm³/mol. The van der Waals surface area contributed by atoms with Crippen molar-refractivity contribution in [2.24, 2.45) is 5.92 Å². The van der Waals surface area contributed by atoms with Crippen LogP contribution in [0.5, 0.6) is 0 Å². The summed E-state index contributed by atoms with van der Waals surface area (Å²) in [5, 5.41) is 4.92. The van der Waals surface area contributed by atoms with E-state index in [1.165, 1.54) is 5.56 Å². The van der Waals surface area contributed by atoms with Crippen LogP contribution in [0.4, 0.5) is 5.69 Å². The summed E-state index contributed by atoms with van der Waals surface area (Å²) in [7, 11) is 0. The molecule has 0 saturated heterocycles. The number of hydrogen-bond acceptors (Lipinski definition) is 1. The summed E-state index contributed by atoms with van der Waals surface area (Å²) in [6.45, 7) is 5.35. The molecular weight excluding hydrogens is 217 g/mol. The van der Waals surface area contributed by atoms with Gasteiger partial charge in [-0.1, -0.05) is 37.0 Å². The first kappa shape index (κ1) is 10.1. The molecule has 0 spiro atoms. The van der Waals surface area contributed by atoms with Crippen molar-refractivity contribution in [2.45, 2.75) is 19.8 Å². The Labute approximate surface area is 94.4 Å². The number of hydrogen-bond donors (Lipinski definition) is 1. The molecule has 0 radical (unpaired) electrons. The van der Waals surface area contributed by atoms with E-state index in [0.29, 0.717) is 11.8 Å². The quantitative estimate of drug-likeness (QED) is 0.763. The lowest BCUT2D eigenvalue weighted by atomic mass is 9.90. The summed E-state index contributed by atoms with van der Waals surface area (Å²) in [6.07, 6.45) is 0. The van der Waals surface area contributed by atoms with E-state index in [1.54, 1.807) is 0 Å². The van der Waals surface area contributed by atoms with Gasteiger partial charge in [-0.3, -0.25) is 0 Å². The predicted octanol–water partition coefficient (Wildman–Crippen LogP) is 4.16. The Balaban J connectivity index is 2.53. The first-order valence-electron chi connectivity index (χ1n) is 4.83. The fourth-order valence-corrected chi connectivity index (χ4v) is 2.52. The van der Waals surface area contributed by atoms with E-state index >= 15 is 0 Å². The third-order valence-electron chi connectivity index (χ3n) is 2.82. The van der Waals surface area contributed by atoms with Gasteiger partial charge in [0, 0.05) is 23.0 Å². The molecule has 1 aromatic rings. The average molecular weight is 230 g/mol. The molecule has 14 heavy (non-hydrogen) atoms. The molecular formula is C11H13Cl2N.